The second-order valence-electron chi connectivity index (χ2n) is 4.11. The van der Waals surface area contributed by atoms with E-state index < -0.39 is 0 Å². The van der Waals surface area contributed by atoms with Crippen LogP contribution in [0.4, 0.5) is 0 Å². The summed E-state index contributed by atoms with van der Waals surface area (Å²) in [5.74, 6) is 0.810. The normalized spacial score (nSPS) is 10.9. The Bertz CT molecular complexity index is 542. The fourth-order valence-corrected chi connectivity index (χ4v) is 3.65. The highest BCUT2D eigenvalue weighted by atomic mass is 35.5. The predicted molar refractivity (Wildman–Crippen MR) is 82.2 cm³/mol. The van der Waals surface area contributed by atoms with Gasteiger partial charge in [0.15, 0.2) is 4.34 Å². The van der Waals surface area contributed by atoms with Crippen molar-refractivity contribution in [2.24, 2.45) is 0 Å². The molecule has 0 unspecified atom stereocenters. The van der Waals surface area contributed by atoms with Gasteiger partial charge in [-0.2, -0.15) is 4.37 Å². The molecule has 102 valence electrons. The monoisotopic (exact) mass is 313 g/mol. The van der Waals surface area contributed by atoms with Gasteiger partial charge in [0.05, 0.1) is 5.02 Å². The topological polar surface area (TPSA) is 37.8 Å². The Morgan fingerprint density at radius 3 is 2.95 bits per heavy atom. The largest absolute Gasteiger partial charge is 0.313 e. The van der Waals surface area contributed by atoms with Gasteiger partial charge in [0.2, 0.25) is 0 Å². The van der Waals surface area contributed by atoms with Crippen LogP contribution in [0.2, 0.25) is 5.02 Å². The summed E-state index contributed by atoms with van der Waals surface area (Å²) >= 11 is 9.31. The van der Waals surface area contributed by atoms with Crippen LogP contribution in [0.1, 0.15) is 24.7 Å². The highest BCUT2D eigenvalue weighted by Gasteiger charge is 2.11. The number of rotatable bonds is 6. The fraction of sp³-hybridized carbons (Fsp3) is 0.385. The maximum absolute atomic E-state index is 6.31. The van der Waals surface area contributed by atoms with Gasteiger partial charge < -0.3 is 5.32 Å². The maximum Gasteiger partial charge on any atom is 0.174 e. The highest BCUT2D eigenvalue weighted by Crippen LogP contribution is 2.36. The van der Waals surface area contributed by atoms with Crippen molar-refractivity contribution in [2.75, 3.05) is 6.54 Å². The molecule has 0 fully saturated rings. The van der Waals surface area contributed by atoms with Crippen molar-refractivity contribution in [2.45, 2.75) is 36.0 Å². The van der Waals surface area contributed by atoms with Gasteiger partial charge in [-0.3, -0.25) is 0 Å². The third-order valence-electron chi connectivity index (χ3n) is 2.49. The summed E-state index contributed by atoms with van der Waals surface area (Å²) < 4.78 is 5.13. The Balaban J connectivity index is 2.17. The van der Waals surface area contributed by atoms with Gasteiger partial charge in [-0.1, -0.05) is 42.4 Å². The van der Waals surface area contributed by atoms with Gasteiger partial charge in [0.25, 0.3) is 0 Å². The van der Waals surface area contributed by atoms with Crippen molar-refractivity contribution in [3.05, 3.63) is 34.6 Å². The van der Waals surface area contributed by atoms with Crippen LogP contribution >= 0.6 is 34.9 Å². The van der Waals surface area contributed by atoms with Crippen molar-refractivity contribution < 1.29 is 0 Å². The van der Waals surface area contributed by atoms with Crippen molar-refractivity contribution in [1.29, 1.82) is 0 Å². The number of nitrogens with zero attached hydrogens (tertiary/aromatic N) is 2. The molecule has 0 aliphatic heterocycles. The molecule has 2 aromatic rings. The second-order valence-corrected chi connectivity index (χ2v) is 6.53. The van der Waals surface area contributed by atoms with Crippen LogP contribution in [0, 0.1) is 6.92 Å². The Hall–Kier alpha value is -0.620. The summed E-state index contributed by atoms with van der Waals surface area (Å²) in [6, 6.07) is 6.01. The third kappa shape index (κ3) is 4.18. The van der Waals surface area contributed by atoms with Crippen LogP contribution in [0.15, 0.2) is 27.4 Å². The van der Waals surface area contributed by atoms with Crippen LogP contribution in [-0.2, 0) is 6.54 Å². The van der Waals surface area contributed by atoms with E-state index >= 15 is 0 Å². The Kier molecular flexibility index (Phi) is 5.63. The zero-order valence-corrected chi connectivity index (χ0v) is 13.3. The molecule has 0 amide bonds. The molecule has 1 aromatic carbocycles. The summed E-state index contributed by atoms with van der Waals surface area (Å²) in [7, 11) is 0. The third-order valence-corrected chi connectivity index (χ3v) is 4.94. The number of hydrogen-bond acceptors (Lipinski definition) is 5. The highest BCUT2D eigenvalue weighted by molar-refractivity contribution is 8.01. The van der Waals surface area contributed by atoms with E-state index in [2.05, 4.69) is 27.7 Å². The molecule has 3 nitrogen and oxygen atoms in total. The molecule has 0 atom stereocenters. The van der Waals surface area contributed by atoms with E-state index in [1.165, 1.54) is 17.1 Å². The van der Waals surface area contributed by atoms with Crippen molar-refractivity contribution in [3.63, 3.8) is 0 Å². The van der Waals surface area contributed by atoms with Crippen LogP contribution in [0.5, 0.6) is 0 Å². The van der Waals surface area contributed by atoms with Gasteiger partial charge in [0.1, 0.15) is 5.82 Å². The van der Waals surface area contributed by atoms with Crippen molar-refractivity contribution in [3.8, 4) is 0 Å². The number of nitrogens with one attached hydrogen (secondary N) is 1. The second kappa shape index (κ2) is 7.24. The average molecular weight is 314 g/mol. The summed E-state index contributed by atoms with van der Waals surface area (Å²) in [6.07, 6.45) is 1.12. The van der Waals surface area contributed by atoms with Crippen LogP contribution in [0.3, 0.4) is 0 Å². The maximum atomic E-state index is 6.31. The SMILES string of the molecule is CCCNCc1cccc(Cl)c1Sc1nc(C)ns1. The molecule has 0 bridgehead atoms. The van der Waals surface area contributed by atoms with E-state index in [4.69, 9.17) is 11.6 Å². The van der Waals surface area contributed by atoms with Crippen molar-refractivity contribution >= 4 is 34.9 Å². The fourth-order valence-electron chi connectivity index (χ4n) is 1.61. The van der Waals surface area contributed by atoms with Gasteiger partial charge in [-0.25, -0.2) is 4.98 Å². The van der Waals surface area contributed by atoms with E-state index in [-0.39, 0.29) is 0 Å². The zero-order chi connectivity index (χ0) is 13.7. The van der Waals surface area contributed by atoms with E-state index in [0.717, 1.165) is 39.6 Å². The molecule has 19 heavy (non-hydrogen) atoms. The molecule has 1 heterocycles. The molecule has 1 aromatic heterocycles. The molecule has 1 N–H and O–H groups in total. The average Bonchev–Trinajstić information content (AvgIpc) is 2.79. The first kappa shape index (κ1) is 14.8. The summed E-state index contributed by atoms with van der Waals surface area (Å²) in [4.78, 5) is 5.45. The minimum Gasteiger partial charge on any atom is -0.313 e. The standard InChI is InChI=1S/C13H16ClN3S2/c1-3-7-15-8-10-5-4-6-11(14)12(10)18-13-16-9(2)17-19-13/h4-6,15H,3,7-8H2,1-2H3. The first-order chi connectivity index (χ1) is 9.20. The molecule has 0 aliphatic rings. The Labute approximate surface area is 127 Å². The molecule has 0 saturated carbocycles. The number of benzene rings is 1. The first-order valence-corrected chi connectivity index (χ1v) is 8.13. The lowest BCUT2D eigenvalue weighted by Gasteiger charge is -2.10. The molecular weight excluding hydrogens is 298 g/mol. The van der Waals surface area contributed by atoms with Crippen LogP contribution in [0.25, 0.3) is 0 Å². The Morgan fingerprint density at radius 2 is 2.26 bits per heavy atom. The molecular formula is C13H16ClN3S2. The number of aromatic nitrogens is 2. The smallest absolute Gasteiger partial charge is 0.174 e. The van der Waals surface area contributed by atoms with Gasteiger partial charge in [-0.15, -0.1) is 0 Å². The minimum absolute atomic E-state index is 0.772. The molecule has 2 rings (SSSR count). The molecule has 0 saturated heterocycles. The molecule has 0 spiro atoms. The van der Waals surface area contributed by atoms with Crippen LogP contribution < -0.4 is 5.32 Å². The van der Waals surface area contributed by atoms with Gasteiger partial charge >= 0.3 is 0 Å². The summed E-state index contributed by atoms with van der Waals surface area (Å²) in [5, 5.41) is 4.18. The predicted octanol–water partition coefficient (Wildman–Crippen LogP) is 4.15. The number of hydrogen-bond donors (Lipinski definition) is 1. The summed E-state index contributed by atoms with van der Waals surface area (Å²) in [5.41, 5.74) is 1.21. The molecule has 0 radical (unpaired) electrons. The quantitative estimate of drug-likeness (QED) is 0.813. The number of halogens is 1. The lowest BCUT2D eigenvalue weighted by molar-refractivity contribution is 0.669. The lowest BCUT2D eigenvalue weighted by atomic mass is 10.2. The zero-order valence-electron chi connectivity index (χ0n) is 10.9. The van der Waals surface area contributed by atoms with Gasteiger partial charge in [0, 0.05) is 11.4 Å². The minimum atomic E-state index is 0.772. The lowest BCUT2D eigenvalue weighted by Crippen LogP contribution is -2.14. The van der Waals surface area contributed by atoms with Gasteiger partial charge in [-0.05, 0) is 43.1 Å². The van der Waals surface area contributed by atoms with E-state index in [1.54, 1.807) is 11.8 Å². The Morgan fingerprint density at radius 1 is 1.42 bits per heavy atom. The summed E-state index contributed by atoms with van der Waals surface area (Å²) in [6.45, 7) is 5.89. The molecule has 6 heteroatoms. The number of aryl methyl sites for hydroxylation is 1. The molecule has 0 aliphatic carbocycles. The van der Waals surface area contributed by atoms with Crippen molar-refractivity contribution in [1.82, 2.24) is 14.7 Å². The van der Waals surface area contributed by atoms with E-state index in [0.29, 0.717) is 0 Å². The van der Waals surface area contributed by atoms with E-state index in [9.17, 15) is 0 Å². The van der Waals surface area contributed by atoms with Crippen LogP contribution in [-0.4, -0.2) is 15.9 Å². The van der Waals surface area contributed by atoms with E-state index in [1.807, 2.05) is 19.1 Å². The first-order valence-electron chi connectivity index (χ1n) is 6.17.